The molecule has 0 radical (unpaired) electrons. The first-order chi connectivity index (χ1) is 20.5. The SMILES string of the molecule is O=C(c1cc(NCc2ccc(F)cc2F)nc2ccc(-c3ccc4c(c3)OCO4)cc12)N1CCC[C@H]1CN1CCCC1. The highest BCUT2D eigenvalue weighted by Crippen LogP contribution is 2.37. The molecule has 2 fully saturated rings. The van der Waals surface area contributed by atoms with Crippen LogP contribution < -0.4 is 14.8 Å². The van der Waals surface area contributed by atoms with E-state index in [1.54, 1.807) is 6.07 Å². The number of amides is 1. The monoisotopic (exact) mass is 570 g/mol. The summed E-state index contributed by atoms with van der Waals surface area (Å²) in [5.41, 5.74) is 3.40. The van der Waals surface area contributed by atoms with Gasteiger partial charge in [0.2, 0.25) is 6.79 Å². The molecule has 4 aromatic rings. The Morgan fingerprint density at radius 2 is 1.71 bits per heavy atom. The van der Waals surface area contributed by atoms with Crippen LogP contribution in [0.1, 0.15) is 41.6 Å². The topological polar surface area (TPSA) is 66.9 Å². The summed E-state index contributed by atoms with van der Waals surface area (Å²) in [5, 5.41) is 3.91. The van der Waals surface area contributed by atoms with E-state index < -0.39 is 11.6 Å². The zero-order chi connectivity index (χ0) is 28.6. The Balaban J connectivity index is 1.25. The second-order valence-electron chi connectivity index (χ2n) is 11.2. The molecule has 7 rings (SSSR count). The average molecular weight is 571 g/mol. The molecule has 42 heavy (non-hydrogen) atoms. The highest BCUT2D eigenvalue weighted by Gasteiger charge is 2.32. The van der Waals surface area contributed by atoms with Crippen molar-refractivity contribution in [3.8, 4) is 22.6 Å². The molecule has 216 valence electrons. The fourth-order valence-corrected chi connectivity index (χ4v) is 6.31. The Bertz CT molecular complexity index is 1660. The van der Waals surface area contributed by atoms with Crippen LogP contribution in [0.25, 0.3) is 22.0 Å². The first-order valence-electron chi connectivity index (χ1n) is 14.6. The van der Waals surface area contributed by atoms with Gasteiger partial charge in [-0.2, -0.15) is 0 Å². The third-order valence-corrected chi connectivity index (χ3v) is 8.53. The number of carbonyl (C=O) groups is 1. The smallest absolute Gasteiger partial charge is 0.254 e. The molecule has 0 aliphatic carbocycles. The van der Waals surface area contributed by atoms with Crippen molar-refractivity contribution in [2.45, 2.75) is 38.3 Å². The third kappa shape index (κ3) is 5.25. The van der Waals surface area contributed by atoms with Gasteiger partial charge in [0.25, 0.3) is 5.91 Å². The van der Waals surface area contributed by atoms with Crippen molar-refractivity contribution >= 4 is 22.6 Å². The lowest BCUT2D eigenvalue weighted by molar-refractivity contribution is 0.0710. The largest absolute Gasteiger partial charge is 0.454 e. The molecule has 7 nitrogen and oxygen atoms in total. The van der Waals surface area contributed by atoms with Gasteiger partial charge in [-0.25, -0.2) is 13.8 Å². The minimum Gasteiger partial charge on any atom is -0.454 e. The molecule has 1 atom stereocenters. The van der Waals surface area contributed by atoms with Gasteiger partial charge in [-0.3, -0.25) is 4.79 Å². The lowest BCUT2D eigenvalue weighted by Gasteiger charge is -2.29. The van der Waals surface area contributed by atoms with Crippen LogP contribution in [0.3, 0.4) is 0 Å². The minimum atomic E-state index is -0.630. The van der Waals surface area contributed by atoms with E-state index in [1.165, 1.54) is 25.0 Å². The maximum atomic E-state index is 14.3. The van der Waals surface area contributed by atoms with Crippen LogP contribution in [0.2, 0.25) is 0 Å². The molecule has 0 saturated carbocycles. The number of likely N-dealkylation sites (tertiary alicyclic amines) is 2. The molecule has 3 aromatic carbocycles. The number of hydrogen-bond acceptors (Lipinski definition) is 6. The van der Waals surface area contributed by atoms with Gasteiger partial charge in [-0.05, 0) is 86.3 Å². The van der Waals surface area contributed by atoms with Crippen LogP contribution in [0, 0.1) is 11.6 Å². The first kappa shape index (κ1) is 26.6. The number of ether oxygens (including phenoxy) is 2. The summed E-state index contributed by atoms with van der Waals surface area (Å²) in [4.78, 5) is 23.5. The fraction of sp³-hybridized carbons (Fsp3) is 0.333. The molecule has 3 aliphatic rings. The average Bonchev–Trinajstić information content (AvgIpc) is 3.78. The molecular weight excluding hydrogens is 538 g/mol. The Hall–Kier alpha value is -4.24. The second kappa shape index (κ2) is 11.2. The fourth-order valence-electron chi connectivity index (χ4n) is 6.31. The molecule has 3 aliphatic heterocycles. The summed E-state index contributed by atoms with van der Waals surface area (Å²) >= 11 is 0. The van der Waals surface area contributed by atoms with Crippen LogP contribution in [-0.2, 0) is 6.54 Å². The second-order valence-corrected chi connectivity index (χ2v) is 11.2. The van der Waals surface area contributed by atoms with Gasteiger partial charge >= 0.3 is 0 Å². The Morgan fingerprint density at radius 3 is 2.57 bits per heavy atom. The van der Waals surface area contributed by atoms with Crippen molar-refractivity contribution in [3.05, 3.63) is 83.4 Å². The predicted molar refractivity (Wildman–Crippen MR) is 157 cm³/mol. The molecule has 0 spiro atoms. The normalized spacial score (nSPS) is 18.2. The molecule has 0 bridgehead atoms. The van der Waals surface area contributed by atoms with Crippen molar-refractivity contribution in [2.75, 3.05) is 38.3 Å². The molecule has 1 amide bonds. The molecule has 0 unspecified atom stereocenters. The number of hydrogen-bond donors (Lipinski definition) is 1. The third-order valence-electron chi connectivity index (χ3n) is 8.53. The predicted octanol–water partition coefficient (Wildman–Crippen LogP) is 6.22. The van der Waals surface area contributed by atoms with E-state index >= 15 is 0 Å². The van der Waals surface area contributed by atoms with Gasteiger partial charge in [0.05, 0.1) is 11.1 Å². The lowest BCUT2D eigenvalue weighted by Crippen LogP contribution is -2.42. The number of nitrogens with one attached hydrogen (secondary N) is 1. The van der Waals surface area contributed by atoms with E-state index in [1.807, 2.05) is 41.3 Å². The number of fused-ring (bicyclic) bond motifs is 2. The maximum absolute atomic E-state index is 14.3. The van der Waals surface area contributed by atoms with Crippen molar-refractivity contribution in [1.82, 2.24) is 14.8 Å². The Morgan fingerprint density at radius 1 is 0.905 bits per heavy atom. The molecule has 2 saturated heterocycles. The zero-order valence-corrected chi connectivity index (χ0v) is 23.2. The number of benzene rings is 3. The number of rotatable bonds is 7. The quantitative estimate of drug-likeness (QED) is 0.285. The van der Waals surface area contributed by atoms with Gasteiger partial charge < -0.3 is 24.6 Å². The first-order valence-corrected chi connectivity index (χ1v) is 14.6. The van der Waals surface area contributed by atoms with Crippen molar-refractivity contribution in [1.29, 1.82) is 0 Å². The Kier molecular flexibility index (Phi) is 7.11. The van der Waals surface area contributed by atoms with Gasteiger partial charge in [-0.1, -0.05) is 18.2 Å². The summed E-state index contributed by atoms with van der Waals surface area (Å²) in [6.45, 7) is 4.09. The standard InChI is InChI=1S/C33H32F2N4O3/c34-24-8-5-23(28(35)16-24)18-36-32-17-27(33(40)39-13-3-4-25(39)19-38-11-1-2-12-38)26-14-21(6-9-29(26)37-32)22-7-10-30-31(15-22)42-20-41-30/h5-10,14-17,25H,1-4,11-13,18-20H2,(H,36,37)/t25-/m0/s1. The van der Waals surface area contributed by atoms with Gasteiger partial charge in [0, 0.05) is 42.7 Å². The van der Waals surface area contributed by atoms with Gasteiger partial charge in [-0.15, -0.1) is 0 Å². The van der Waals surface area contributed by atoms with E-state index in [0.29, 0.717) is 40.5 Å². The van der Waals surface area contributed by atoms with Crippen LogP contribution >= 0.6 is 0 Å². The highest BCUT2D eigenvalue weighted by molar-refractivity contribution is 6.08. The summed E-state index contributed by atoms with van der Waals surface area (Å²) in [7, 11) is 0. The van der Waals surface area contributed by atoms with Crippen LogP contribution in [-0.4, -0.2) is 59.7 Å². The van der Waals surface area contributed by atoms with Crippen LogP contribution in [0.5, 0.6) is 11.5 Å². The number of anilines is 1. The van der Waals surface area contributed by atoms with Crippen molar-refractivity contribution in [2.24, 2.45) is 0 Å². The van der Waals surface area contributed by atoms with Gasteiger partial charge in [0.1, 0.15) is 17.5 Å². The number of carbonyl (C=O) groups excluding carboxylic acids is 1. The van der Waals surface area contributed by atoms with Crippen molar-refractivity contribution < 1.29 is 23.0 Å². The van der Waals surface area contributed by atoms with E-state index in [9.17, 15) is 13.6 Å². The van der Waals surface area contributed by atoms with E-state index in [4.69, 9.17) is 14.5 Å². The molecule has 1 N–H and O–H groups in total. The number of nitrogens with zero attached hydrogens (tertiary/aromatic N) is 3. The summed E-state index contributed by atoms with van der Waals surface area (Å²) in [5.74, 6) is 0.582. The molecule has 4 heterocycles. The molecule has 9 heteroatoms. The minimum absolute atomic E-state index is 0.0250. The van der Waals surface area contributed by atoms with Crippen molar-refractivity contribution in [3.63, 3.8) is 0 Å². The maximum Gasteiger partial charge on any atom is 0.254 e. The molecule has 1 aromatic heterocycles. The Labute approximate surface area is 243 Å². The molecular formula is C33H32F2N4O3. The highest BCUT2D eigenvalue weighted by atomic mass is 19.1. The van der Waals surface area contributed by atoms with E-state index in [0.717, 1.165) is 55.1 Å². The van der Waals surface area contributed by atoms with E-state index in [2.05, 4.69) is 10.2 Å². The van der Waals surface area contributed by atoms with E-state index in [-0.39, 0.29) is 25.3 Å². The van der Waals surface area contributed by atoms with Gasteiger partial charge in [0.15, 0.2) is 11.5 Å². The summed E-state index contributed by atoms with van der Waals surface area (Å²) in [6.07, 6.45) is 4.39. The number of aromatic nitrogens is 1. The lowest BCUT2D eigenvalue weighted by atomic mass is 9.99. The number of pyridine rings is 1. The van der Waals surface area contributed by atoms with Crippen LogP contribution in [0.15, 0.2) is 60.7 Å². The zero-order valence-electron chi connectivity index (χ0n) is 23.2. The van der Waals surface area contributed by atoms with Crippen LogP contribution in [0.4, 0.5) is 14.6 Å². The summed E-state index contributed by atoms with van der Waals surface area (Å²) < 4.78 is 38.8. The summed E-state index contributed by atoms with van der Waals surface area (Å²) in [6, 6.07) is 17.1. The number of halogens is 2.